The predicted octanol–water partition coefficient (Wildman–Crippen LogP) is 3.93. The molecule has 24 heavy (non-hydrogen) atoms. The maximum Gasteiger partial charge on any atom is 0.329 e. The number of nitrogens with one attached hydrogen (secondary N) is 2. The zero-order valence-corrected chi connectivity index (χ0v) is 13.5. The number of hydrogen-bond donors (Lipinski definition) is 2. The molecule has 3 aromatic rings. The zero-order chi connectivity index (χ0) is 16.9. The van der Waals surface area contributed by atoms with E-state index in [9.17, 15) is 4.79 Å². The second-order valence-electron chi connectivity index (χ2n) is 5.52. The molecule has 1 unspecified atom stereocenters. The molecule has 2 aromatic carbocycles. The van der Waals surface area contributed by atoms with Gasteiger partial charge in [0, 0.05) is 5.56 Å². The molecule has 6 heteroatoms. The van der Waals surface area contributed by atoms with Gasteiger partial charge in [-0.25, -0.2) is 4.79 Å². The Bertz CT molecular complexity index is 813. The minimum absolute atomic E-state index is 0.0578. The first-order valence-corrected chi connectivity index (χ1v) is 7.65. The summed E-state index contributed by atoms with van der Waals surface area (Å²) in [5.41, 5.74) is 3.02. The average Bonchev–Trinajstić information content (AvgIpc) is 3.04. The smallest absolute Gasteiger partial charge is 0.329 e. The first kappa shape index (κ1) is 15.7. The Morgan fingerprint density at radius 1 is 1.08 bits per heavy atom. The third kappa shape index (κ3) is 3.78. The average molecular weight is 322 g/mol. The lowest BCUT2D eigenvalue weighted by molar-refractivity contribution is 0.248. The monoisotopic (exact) mass is 322 g/mol. The minimum Gasteiger partial charge on any atom is -0.331 e. The SMILES string of the molecule is Cc1ccc(C(C)NC(=O)Nc2nc(-c3ccccc3)no2)cc1. The molecule has 0 aliphatic carbocycles. The van der Waals surface area contributed by atoms with Crippen molar-refractivity contribution in [1.82, 2.24) is 15.5 Å². The Labute approximate surface area is 139 Å². The molecule has 0 saturated heterocycles. The Balaban J connectivity index is 1.61. The van der Waals surface area contributed by atoms with E-state index in [4.69, 9.17) is 4.52 Å². The molecule has 0 fully saturated rings. The largest absolute Gasteiger partial charge is 0.331 e. The van der Waals surface area contributed by atoms with Gasteiger partial charge in [0.25, 0.3) is 0 Å². The van der Waals surface area contributed by atoms with Gasteiger partial charge in [-0.3, -0.25) is 5.32 Å². The Morgan fingerprint density at radius 2 is 1.79 bits per heavy atom. The number of aryl methyl sites for hydroxylation is 1. The first-order valence-electron chi connectivity index (χ1n) is 7.65. The second-order valence-corrected chi connectivity index (χ2v) is 5.52. The number of rotatable bonds is 4. The third-order valence-corrected chi connectivity index (χ3v) is 3.60. The van der Waals surface area contributed by atoms with E-state index in [-0.39, 0.29) is 12.1 Å². The zero-order valence-electron chi connectivity index (χ0n) is 13.5. The highest BCUT2D eigenvalue weighted by atomic mass is 16.5. The summed E-state index contributed by atoms with van der Waals surface area (Å²) in [5.74, 6) is 0.428. The summed E-state index contributed by atoms with van der Waals surface area (Å²) < 4.78 is 5.06. The van der Waals surface area contributed by atoms with Crippen LogP contribution in [0.15, 0.2) is 59.1 Å². The summed E-state index contributed by atoms with van der Waals surface area (Å²) in [6.45, 7) is 3.93. The maximum atomic E-state index is 12.1. The minimum atomic E-state index is -0.397. The number of anilines is 1. The van der Waals surface area contributed by atoms with Gasteiger partial charge in [0.1, 0.15) is 0 Å². The number of benzene rings is 2. The molecule has 0 aliphatic heterocycles. The van der Waals surface area contributed by atoms with Gasteiger partial charge < -0.3 is 9.84 Å². The summed E-state index contributed by atoms with van der Waals surface area (Å²) in [5, 5.41) is 9.25. The molecule has 6 nitrogen and oxygen atoms in total. The van der Waals surface area contributed by atoms with Crippen molar-refractivity contribution in [3.8, 4) is 11.4 Å². The van der Waals surface area contributed by atoms with Crippen LogP contribution in [0.2, 0.25) is 0 Å². The van der Waals surface area contributed by atoms with Gasteiger partial charge in [0.05, 0.1) is 6.04 Å². The lowest BCUT2D eigenvalue weighted by atomic mass is 10.1. The van der Waals surface area contributed by atoms with Gasteiger partial charge in [0.2, 0.25) is 5.82 Å². The molecule has 2 amide bonds. The molecule has 1 atom stereocenters. The van der Waals surface area contributed by atoms with Crippen LogP contribution in [0.4, 0.5) is 10.8 Å². The van der Waals surface area contributed by atoms with Crippen molar-refractivity contribution in [1.29, 1.82) is 0 Å². The molecule has 0 aliphatic rings. The van der Waals surface area contributed by atoms with Crippen LogP contribution in [0, 0.1) is 6.92 Å². The van der Waals surface area contributed by atoms with Gasteiger partial charge in [-0.2, -0.15) is 4.98 Å². The molecule has 122 valence electrons. The number of carbonyl (C=O) groups is 1. The number of carbonyl (C=O) groups excluding carboxylic acids is 1. The number of amides is 2. The van der Waals surface area contributed by atoms with Crippen molar-refractivity contribution < 1.29 is 9.32 Å². The van der Waals surface area contributed by atoms with E-state index in [0.717, 1.165) is 11.1 Å². The number of urea groups is 1. The van der Waals surface area contributed by atoms with Crippen molar-refractivity contribution in [2.45, 2.75) is 19.9 Å². The molecule has 0 radical (unpaired) electrons. The second kappa shape index (κ2) is 6.95. The van der Waals surface area contributed by atoms with Crippen LogP contribution in [0.1, 0.15) is 24.1 Å². The summed E-state index contributed by atoms with van der Waals surface area (Å²) in [6.07, 6.45) is 0. The Kier molecular flexibility index (Phi) is 4.56. The van der Waals surface area contributed by atoms with Crippen molar-refractivity contribution in [2.75, 3.05) is 5.32 Å². The van der Waals surface area contributed by atoms with Crippen LogP contribution in [-0.4, -0.2) is 16.2 Å². The molecule has 1 heterocycles. The van der Waals surface area contributed by atoms with Crippen LogP contribution in [0.3, 0.4) is 0 Å². The summed E-state index contributed by atoms with van der Waals surface area (Å²) >= 11 is 0. The highest BCUT2D eigenvalue weighted by Gasteiger charge is 2.13. The molecule has 0 saturated carbocycles. The first-order chi connectivity index (χ1) is 11.6. The van der Waals surface area contributed by atoms with Gasteiger partial charge in [-0.1, -0.05) is 65.3 Å². The number of aromatic nitrogens is 2. The van der Waals surface area contributed by atoms with Gasteiger partial charge >= 0.3 is 12.0 Å². The molecule has 2 N–H and O–H groups in total. The fraction of sp³-hybridized carbons (Fsp3) is 0.167. The normalized spacial score (nSPS) is 11.8. The van der Waals surface area contributed by atoms with E-state index in [2.05, 4.69) is 20.8 Å². The summed E-state index contributed by atoms with van der Waals surface area (Å²) in [7, 11) is 0. The summed E-state index contributed by atoms with van der Waals surface area (Å²) in [6, 6.07) is 16.9. The Hall–Kier alpha value is -3.15. The topological polar surface area (TPSA) is 80.0 Å². The highest BCUT2D eigenvalue weighted by Crippen LogP contribution is 2.17. The maximum absolute atomic E-state index is 12.1. The van der Waals surface area contributed by atoms with E-state index < -0.39 is 6.03 Å². The van der Waals surface area contributed by atoms with Crippen LogP contribution in [-0.2, 0) is 0 Å². The molecular formula is C18H18N4O2. The fourth-order valence-electron chi connectivity index (χ4n) is 2.25. The summed E-state index contributed by atoms with van der Waals surface area (Å²) in [4.78, 5) is 16.2. The van der Waals surface area contributed by atoms with E-state index in [1.54, 1.807) is 0 Å². The standard InChI is InChI=1S/C18H18N4O2/c1-12-8-10-14(11-9-12)13(2)19-17(23)21-18-20-16(22-24-18)15-6-4-3-5-7-15/h3-11,13H,1-2H3,(H2,19,20,21,22,23). The molecule has 0 spiro atoms. The van der Waals surface area contributed by atoms with Crippen molar-refractivity contribution in [3.63, 3.8) is 0 Å². The lowest BCUT2D eigenvalue weighted by Gasteiger charge is -2.14. The molecule has 3 rings (SSSR count). The highest BCUT2D eigenvalue weighted by molar-refractivity contribution is 5.87. The van der Waals surface area contributed by atoms with E-state index >= 15 is 0 Å². The quantitative estimate of drug-likeness (QED) is 0.762. The van der Waals surface area contributed by atoms with Crippen LogP contribution < -0.4 is 10.6 Å². The van der Waals surface area contributed by atoms with E-state index in [1.807, 2.05) is 68.4 Å². The van der Waals surface area contributed by atoms with Crippen molar-refractivity contribution in [3.05, 3.63) is 65.7 Å². The fourth-order valence-corrected chi connectivity index (χ4v) is 2.25. The number of hydrogen-bond acceptors (Lipinski definition) is 4. The lowest BCUT2D eigenvalue weighted by Crippen LogP contribution is -2.31. The van der Waals surface area contributed by atoms with Gasteiger partial charge in [0.15, 0.2) is 0 Å². The van der Waals surface area contributed by atoms with E-state index in [0.29, 0.717) is 5.82 Å². The van der Waals surface area contributed by atoms with Crippen LogP contribution in [0.5, 0.6) is 0 Å². The van der Waals surface area contributed by atoms with Crippen molar-refractivity contribution >= 4 is 12.0 Å². The van der Waals surface area contributed by atoms with Crippen molar-refractivity contribution in [2.24, 2.45) is 0 Å². The number of nitrogens with zero attached hydrogens (tertiary/aromatic N) is 2. The molecular weight excluding hydrogens is 304 g/mol. The van der Waals surface area contributed by atoms with Crippen LogP contribution >= 0.6 is 0 Å². The van der Waals surface area contributed by atoms with Gasteiger partial charge in [-0.05, 0) is 19.4 Å². The van der Waals surface area contributed by atoms with E-state index in [1.165, 1.54) is 5.56 Å². The van der Waals surface area contributed by atoms with Crippen LogP contribution in [0.25, 0.3) is 11.4 Å². The third-order valence-electron chi connectivity index (χ3n) is 3.60. The predicted molar refractivity (Wildman–Crippen MR) is 91.5 cm³/mol. The Morgan fingerprint density at radius 3 is 2.50 bits per heavy atom. The molecule has 1 aromatic heterocycles. The molecule has 0 bridgehead atoms. The van der Waals surface area contributed by atoms with Gasteiger partial charge in [-0.15, -0.1) is 0 Å².